The number of fused-ring (bicyclic) bond motifs is 1. The number of ether oxygens (including phenoxy) is 1. The highest BCUT2D eigenvalue weighted by Crippen LogP contribution is 2.29. The first kappa shape index (κ1) is 27.6. The molecule has 5 rings (SSSR count). The number of rotatable bonds is 9. The number of hydrogen-bond acceptors (Lipinski definition) is 7. The summed E-state index contributed by atoms with van der Waals surface area (Å²) in [5.41, 5.74) is 4.09. The summed E-state index contributed by atoms with van der Waals surface area (Å²) in [6.07, 6.45) is 1.64. The minimum Gasteiger partial charge on any atom is -0.457 e. The number of carbonyl (C=O) groups is 1. The van der Waals surface area contributed by atoms with E-state index in [0.717, 1.165) is 48.8 Å². The number of piperazine rings is 1. The number of carbonyl (C=O) groups excluding carboxylic acids is 1. The Hall–Kier alpha value is -3.95. The molecule has 3 heterocycles. The van der Waals surface area contributed by atoms with Crippen LogP contribution in [0.4, 0.5) is 17.5 Å². The van der Waals surface area contributed by atoms with Crippen molar-refractivity contribution in [2.24, 2.45) is 7.05 Å². The minimum atomic E-state index is -0.0727. The average Bonchev–Trinajstić information content (AvgIpc) is 3.23. The normalized spacial score (nSPS) is 14.7. The number of nitrogens with zero attached hydrogens (tertiary/aromatic N) is 5. The van der Waals surface area contributed by atoms with Gasteiger partial charge in [-0.25, -0.2) is 9.97 Å². The molecular weight excluding hydrogens is 502 g/mol. The maximum absolute atomic E-state index is 12.7. The molecule has 40 heavy (non-hydrogen) atoms. The van der Waals surface area contributed by atoms with Crippen LogP contribution in [0.3, 0.4) is 0 Å². The number of amides is 1. The van der Waals surface area contributed by atoms with Gasteiger partial charge in [0.1, 0.15) is 17.3 Å². The molecule has 0 bridgehead atoms. The summed E-state index contributed by atoms with van der Waals surface area (Å²) >= 11 is 0. The van der Waals surface area contributed by atoms with Gasteiger partial charge >= 0.3 is 0 Å². The van der Waals surface area contributed by atoms with Gasteiger partial charge < -0.3 is 19.9 Å². The highest BCUT2D eigenvalue weighted by molar-refractivity contribution is 5.91. The third-order valence-electron chi connectivity index (χ3n) is 7.40. The van der Waals surface area contributed by atoms with Gasteiger partial charge in [0.2, 0.25) is 11.9 Å². The van der Waals surface area contributed by atoms with Crippen LogP contribution in [0, 0.1) is 0 Å². The lowest BCUT2D eigenvalue weighted by molar-refractivity contribution is -0.117. The van der Waals surface area contributed by atoms with Gasteiger partial charge in [0, 0.05) is 63.3 Å². The van der Waals surface area contributed by atoms with Crippen molar-refractivity contribution in [1.29, 1.82) is 0 Å². The largest absolute Gasteiger partial charge is 0.457 e. The molecular formula is C31H39N7O2. The lowest BCUT2D eigenvalue weighted by Crippen LogP contribution is -2.50. The van der Waals surface area contributed by atoms with Gasteiger partial charge in [0.25, 0.3) is 0 Å². The molecule has 1 aliphatic heterocycles. The number of pyridine rings is 1. The van der Waals surface area contributed by atoms with Crippen LogP contribution in [0.2, 0.25) is 0 Å². The van der Waals surface area contributed by atoms with Crippen molar-refractivity contribution in [2.45, 2.75) is 39.7 Å². The van der Waals surface area contributed by atoms with Gasteiger partial charge in [-0.3, -0.25) is 14.6 Å². The van der Waals surface area contributed by atoms with Crippen LogP contribution in [-0.2, 0) is 11.8 Å². The zero-order valence-corrected chi connectivity index (χ0v) is 24.0. The predicted octanol–water partition coefficient (Wildman–Crippen LogP) is 5.59. The number of aryl methyl sites for hydroxylation is 1. The van der Waals surface area contributed by atoms with Crippen molar-refractivity contribution in [1.82, 2.24) is 24.3 Å². The molecule has 0 spiro atoms. The van der Waals surface area contributed by atoms with E-state index in [-0.39, 0.29) is 5.91 Å². The maximum atomic E-state index is 12.7. The monoisotopic (exact) mass is 541 g/mol. The van der Waals surface area contributed by atoms with Gasteiger partial charge in [-0.1, -0.05) is 26.0 Å². The Morgan fingerprint density at radius 3 is 2.50 bits per heavy atom. The van der Waals surface area contributed by atoms with Crippen LogP contribution in [0.5, 0.6) is 11.5 Å². The summed E-state index contributed by atoms with van der Waals surface area (Å²) in [5, 5.41) is 6.36. The second kappa shape index (κ2) is 12.1. The van der Waals surface area contributed by atoms with Crippen molar-refractivity contribution in [2.75, 3.05) is 43.4 Å². The Labute approximate surface area is 236 Å². The van der Waals surface area contributed by atoms with Crippen molar-refractivity contribution >= 4 is 34.4 Å². The second-order valence-corrected chi connectivity index (χ2v) is 11.0. The van der Waals surface area contributed by atoms with Gasteiger partial charge in [0.05, 0.1) is 17.6 Å². The van der Waals surface area contributed by atoms with Crippen molar-refractivity contribution in [3.63, 3.8) is 0 Å². The minimum absolute atomic E-state index is 0.0727. The molecule has 9 nitrogen and oxygen atoms in total. The molecule has 2 aromatic heterocycles. The van der Waals surface area contributed by atoms with Crippen molar-refractivity contribution < 1.29 is 9.53 Å². The maximum Gasteiger partial charge on any atom is 0.239 e. The van der Waals surface area contributed by atoms with Gasteiger partial charge in [-0.2, -0.15) is 0 Å². The molecule has 1 fully saturated rings. The third kappa shape index (κ3) is 6.60. The van der Waals surface area contributed by atoms with Crippen LogP contribution in [0.25, 0.3) is 11.0 Å². The van der Waals surface area contributed by atoms with E-state index in [1.54, 1.807) is 18.3 Å². The summed E-state index contributed by atoms with van der Waals surface area (Å²) in [6.45, 7) is 12.9. The topological polar surface area (TPSA) is 87.6 Å². The van der Waals surface area contributed by atoms with Crippen molar-refractivity contribution in [3.05, 3.63) is 66.4 Å². The molecule has 1 saturated heterocycles. The third-order valence-corrected chi connectivity index (χ3v) is 7.40. The molecule has 210 valence electrons. The summed E-state index contributed by atoms with van der Waals surface area (Å²) in [6, 6.07) is 18.3. The number of aromatic nitrogens is 3. The predicted molar refractivity (Wildman–Crippen MR) is 161 cm³/mol. The van der Waals surface area contributed by atoms with Gasteiger partial charge in [-0.15, -0.1) is 0 Å². The molecule has 2 aromatic carbocycles. The van der Waals surface area contributed by atoms with E-state index in [4.69, 9.17) is 9.72 Å². The Morgan fingerprint density at radius 2 is 1.75 bits per heavy atom. The summed E-state index contributed by atoms with van der Waals surface area (Å²) in [7, 11) is 1.99. The van der Waals surface area contributed by atoms with Gasteiger partial charge in [0.15, 0.2) is 0 Å². The summed E-state index contributed by atoms with van der Waals surface area (Å²) in [4.78, 5) is 26.4. The molecule has 2 N–H and O–H groups in total. The molecule has 4 aromatic rings. The molecule has 9 heteroatoms. The Balaban J connectivity index is 1.22. The van der Waals surface area contributed by atoms with Crippen LogP contribution in [-0.4, -0.2) is 69.0 Å². The van der Waals surface area contributed by atoms with Crippen LogP contribution >= 0.6 is 0 Å². The van der Waals surface area contributed by atoms with E-state index >= 15 is 0 Å². The van der Waals surface area contributed by atoms with E-state index in [0.29, 0.717) is 35.8 Å². The number of hydrogen-bond donors (Lipinski definition) is 2. The summed E-state index contributed by atoms with van der Waals surface area (Å²) in [5.74, 6) is 2.86. The molecule has 0 unspecified atom stereocenters. The van der Waals surface area contributed by atoms with Crippen LogP contribution in [0.1, 0.15) is 39.2 Å². The fourth-order valence-corrected chi connectivity index (χ4v) is 4.96. The first-order chi connectivity index (χ1) is 19.2. The molecule has 0 aliphatic carbocycles. The first-order valence-corrected chi connectivity index (χ1v) is 14.0. The first-order valence-electron chi connectivity index (χ1n) is 14.0. The quantitative estimate of drug-likeness (QED) is 0.286. The number of benzene rings is 2. The van der Waals surface area contributed by atoms with E-state index in [9.17, 15) is 4.79 Å². The molecule has 1 amide bonds. The van der Waals surface area contributed by atoms with Crippen LogP contribution in [0.15, 0.2) is 60.8 Å². The fourth-order valence-electron chi connectivity index (χ4n) is 4.96. The standard InChI is InChI=1S/C31H39N7O2/c1-21(2)23-7-6-8-24(17-23)33-31-34-27-18-25(9-10-28(27)36(31)5)40-26-11-12-32-29(19-26)35-30(39)20-37-13-15-38(16-14-37)22(3)4/h6-12,17-19,21-22H,13-16,20H2,1-5H3,(H,33,34)(H,32,35,39). The zero-order valence-electron chi connectivity index (χ0n) is 24.0. The van der Waals surface area contributed by atoms with Gasteiger partial charge in [-0.05, 0) is 55.7 Å². The fraction of sp³-hybridized carbons (Fsp3) is 0.387. The zero-order chi connectivity index (χ0) is 28.2. The van der Waals surface area contributed by atoms with E-state index in [2.05, 4.69) is 71.3 Å². The number of nitrogens with one attached hydrogen (secondary N) is 2. The highest BCUT2D eigenvalue weighted by Gasteiger charge is 2.20. The smallest absolute Gasteiger partial charge is 0.239 e. The Bertz CT molecular complexity index is 1470. The lowest BCUT2D eigenvalue weighted by atomic mass is 10.0. The SMILES string of the molecule is CC(C)c1cccc(Nc2nc3cc(Oc4ccnc(NC(=O)CN5CCN(C(C)C)CC5)c4)ccc3n2C)c1. The lowest BCUT2D eigenvalue weighted by Gasteiger charge is -2.36. The second-order valence-electron chi connectivity index (χ2n) is 11.0. The van der Waals surface area contributed by atoms with E-state index < -0.39 is 0 Å². The molecule has 0 saturated carbocycles. The average molecular weight is 542 g/mol. The highest BCUT2D eigenvalue weighted by atomic mass is 16.5. The number of imidazole rings is 1. The van der Waals surface area contributed by atoms with E-state index in [1.807, 2.05) is 35.9 Å². The van der Waals surface area contributed by atoms with Crippen molar-refractivity contribution in [3.8, 4) is 11.5 Å². The van der Waals surface area contributed by atoms with E-state index in [1.165, 1.54) is 5.56 Å². The Kier molecular flexibility index (Phi) is 8.32. The molecule has 1 aliphatic rings. The number of anilines is 3. The summed E-state index contributed by atoms with van der Waals surface area (Å²) < 4.78 is 8.16. The van der Waals surface area contributed by atoms with Crippen LogP contribution < -0.4 is 15.4 Å². The molecule has 0 radical (unpaired) electrons. The molecule has 0 atom stereocenters. The Morgan fingerprint density at radius 1 is 0.975 bits per heavy atom.